The number of pyridine rings is 1. The van der Waals surface area contributed by atoms with E-state index in [1.165, 1.54) is 18.5 Å². The van der Waals surface area contributed by atoms with Crippen molar-refractivity contribution in [2.75, 3.05) is 13.1 Å². The van der Waals surface area contributed by atoms with Gasteiger partial charge in [-0.1, -0.05) is 0 Å². The number of hydrogen-bond donors (Lipinski definition) is 0. The Morgan fingerprint density at radius 2 is 2.04 bits per heavy atom. The van der Waals surface area contributed by atoms with Gasteiger partial charge in [0.1, 0.15) is 11.3 Å². The van der Waals surface area contributed by atoms with Crippen molar-refractivity contribution in [2.45, 2.75) is 12.3 Å². The molecule has 0 radical (unpaired) electrons. The predicted octanol–water partition coefficient (Wildman–Crippen LogP) is 3.02. The van der Waals surface area contributed by atoms with Crippen LogP contribution in [0.2, 0.25) is 0 Å². The molecular weight excluding hydrogens is 344 g/mol. The van der Waals surface area contributed by atoms with Gasteiger partial charge in [-0.3, -0.25) is 9.20 Å². The van der Waals surface area contributed by atoms with E-state index < -0.39 is 31.3 Å². The van der Waals surface area contributed by atoms with Gasteiger partial charge in [-0.05, 0) is 6.07 Å². The summed E-state index contributed by atoms with van der Waals surface area (Å²) in [6, 6.07) is 1.19. The van der Waals surface area contributed by atoms with Gasteiger partial charge in [0.25, 0.3) is 18.3 Å². The summed E-state index contributed by atoms with van der Waals surface area (Å²) in [6.45, 7) is -1.41. The normalized spacial score (nSPS) is 16.4. The Morgan fingerprint density at radius 1 is 1.28 bits per heavy atom. The number of hydrogen-bond acceptors (Lipinski definition) is 4. The molecular formula is C15H10F4N4O2. The lowest BCUT2D eigenvalue weighted by molar-refractivity contribution is -0.113. The molecule has 0 atom stereocenters. The van der Waals surface area contributed by atoms with Crippen LogP contribution in [0.25, 0.3) is 17.0 Å². The quantitative estimate of drug-likeness (QED) is 0.679. The van der Waals surface area contributed by atoms with Gasteiger partial charge in [0.05, 0.1) is 31.0 Å². The van der Waals surface area contributed by atoms with Crippen LogP contribution in [0.3, 0.4) is 0 Å². The number of rotatable bonds is 3. The molecule has 0 aromatic carbocycles. The third-order valence-corrected chi connectivity index (χ3v) is 3.93. The van der Waals surface area contributed by atoms with Crippen LogP contribution in [-0.2, 0) is 0 Å². The topological polar surface area (TPSA) is 63.6 Å². The number of imidazole rings is 1. The van der Waals surface area contributed by atoms with Gasteiger partial charge < -0.3 is 9.32 Å². The maximum Gasteiger partial charge on any atom is 0.282 e. The molecule has 0 unspecified atom stereocenters. The largest absolute Gasteiger partial charge is 0.443 e. The summed E-state index contributed by atoms with van der Waals surface area (Å²) in [4.78, 5) is 21.1. The van der Waals surface area contributed by atoms with Crippen molar-refractivity contribution >= 4 is 11.6 Å². The Labute approximate surface area is 137 Å². The molecule has 0 spiro atoms. The number of halogens is 4. The molecule has 25 heavy (non-hydrogen) atoms. The number of amides is 1. The fourth-order valence-electron chi connectivity index (χ4n) is 2.73. The average Bonchev–Trinajstić information content (AvgIpc) is 3.20. The van der Waals surface area contributed by atoms with E-state index in [1.54, 1.807) is 0 Å². The van der Waals surface area contributed by atoms with E-state index in [9.17, 15) is 22.4 Å². The van der Waals surface area contributed by atoms with Gasteiger partial charge in [0.2, 0.25) is 0 Å². The Balaban J connectivity index is 1.83. The van der Waals surface area contributed by atoms with Gasteiger partial charge in [-0.2, -0.15) is 0 Å². The summed E-state index contributed by atoms with van der Waals surface area (Å²) in [5.74, 6) is -3.42. The second kappa shape index (κ2) is 5.30. The van der Waals surface area contributed by atoms with E-state index in [-0.39, 0.29) is 28.2 Å². The van der Waals surface area contributed by atoms with Crippen molar-refractivity contribution in [2.24, 2.45) is 0 Å². The third-order valence-electron chi connectivity index (χ3n) is 3.93. The second-order valence-electron chi connectivity index (χ2n) is 5.71. The molecule has 0 bridgehead atoms. The Kier molecular flexibility index (Phi) is 3.31. The fourth-order valence-corrected chi connectivity index (χ4v) is 2.73. The second-order valence-corrected chi connectivity index (χ2v) is 5.71. The maximum absolute atomic E-state index is 13.2. The number of fused-ring (bicyclic) bond motifs is 1. The maximum atomic E-state index is 13.2. The lowest BCUT2D eigenvalue weighted by Gasteiger charge is -2.38. The number of aromatic nitrogens is 3. The first-order chi connectivity index (χ1) is 11.9. The molecule has 6 nitrogen and oxygen atoms in total. The van der Waals surface area contributed by atoms with Gasteiger partial charge in [0, 0.05) is 11.8 Å². The molecule has 3 aromatic heterocycles. The minimum Gasteiger partial charge on any atom is -0.443 e. The molecule has 1 aliphatic rings. The summed E-state index contributed by atoms with van der Waals surface area (Å²) in [6.07, 6.45) is 1.90. The lowest BCUT2D eigenvalue weighted by atomic mass is 10.1. The highest BCUT2D eigenvalue weighted by Gasteiger charge is 2.47. The molecule has 0 N–H and O–H groups in total. The number of carbonyl (C=O) groups is 1. The smallest absolute Gasteiger partial charge is 0.282 e. The molecule has 3 aromatic rings. The van der Waals surface area contributed by atoms with E-state index in [0.29, 0.717) is 0 Å². The number of oxazole rings is 1. The van der Waals surface area contributed by atoms with E-state index >= 15 is 0 Å². The minimum absolute atomic E-state index is 0.0752. The zero-order valence-electron chi connectivity index (χ0n) is 12.5. The highest BCUT2D eigenvalue weighted by molar-refractivity contribution is 5.95. The molecule has 4 rings (SSSR count). The molecule has 4 heterocycles. The summed E-state index contributed by atoms with van der Waals surface area (Å²) >= 11 is 0. The van der Waals surface area contributed by atoms with E-state index in [1.807, 2.05) is 0 Å². The molecule has 1 fully saturated rings. The van der Waals surface area contributed by atoms with Crippen molar-refractivity contribution in [1.82, 2.24) is 19.3 Å². The number of alkyl halides is 4. The molecule has 130 valence electrons. The summed E-state index contributed by atoms with van der Waals surface area (Å²) in [7, 11) is 0. The van der Waals surface area contributed by atoms with Crippen LogP contribution < -0.4 is 0 Å². The highest BCUT2D eigenvalue weighted by Crippen LogP contribution is 2.32. The number of carbonyl (C=O) groups excluding carboxylic acids is 1. The van der Waals surface area contributed by atoms with Crippen molar-refractivity contribution in [3.05, 3.63) is 42.3 Å². The van der Waals surface area contributed by atoms with Crippen molar-refractivity contribution in [3.63, 3.8) is 0 Å². The van der Waals surface area contributed by atoms with Crippen LogP contribution in [0.4, 0.5) is 17.6 Å². The first-order valence-electron chi connectivity index (χ1n) is 7.21. The van der Waals surface area contributed by atoms with Crippen LogP contribution in [0, 0.1) is 0 Å². The molecule has 0 saturated carbocycles. The van der Waals surface area contributed by atoms with Gasteiger partial charge in [-0.25, -0.2) is 27.5 Å². The van der Waals surface area contributed by atoms with Crippen molar-refractivity contribution in [1.29, 1.82) is 0 Å². The van der Waals surface area contributed by atoms with Crippen LogP contribution in [0.1, 0.15) is 22.5 Å². The van der Waals surface area contributed by atoms with Gasteiger partial charge >= 0.3 is 0 Å². The van der Waals surface area contributed by atoms with E-state index in [4.69, 9.17) is 4.42 Å². The first-order valence-corrected chi connectivity index (χ1v) is 7.21. The zero-order valence-corrected chi connectivity index (χ0v) is 12.5. The molecule has 0 aliphatic carbocycles. The number of likely N-dealkylation sites (tertiary alicyclic amines) is 1. The summed E-state index contributed by atoms with van der Waals surface area (Å²) in [5.41, 5.74) is -0.0197. The average molecular weight is 354 g/mol. The van der Waals surface area contributed by atoms with Gasteiger partial charge in [-0.15, -0.1) is 0 Å². The van der Waals surface area contributed by atoms with Crippen molar-refractivity contribution in [3.8, 4) is 11.3 Å². The van der Waals surface area contributed by atoms with E-state index in [2.05, 4.69) is 9.97 Å². The summed E-state index contributed by atoms with van der Waals surface area (Å²) < 4.78 is 58.7. The Bertz CT molecular complexity index is 944. The van der Waals surface area contributed by atoms with Gasteiger partial charge in [0.15, 0.2) is 12.2 Å². The van der Waals surface area contributed by atoms with E-state index in [0.717, 1.165) is 21.9 Å². The first kappa shape index (κ1) is 15.6. The molecule has 1 saturated heterocycles. The standard InChI is InChI=1S/C15H10F4N4O2/c16-12(17)8-1-9(11-3-20-7-25-11)13-21-2-10(23(13)4-8)14(24)22-5-15(18,19)6-22/h1-4,7,12H,5-6H2. The third kappa shape index (κ3) is 2.53. The van der Waals surface area contributed by atoms with Crippen LogP contribution in [0.15, 0.2) is 35.5 Å². The lowest BCUT2D eigenvalue weighted by Crippen LogP contribution is -2.58. The fraction of sp³-hybridized carbons (Fsp3) is 0.267. The zero-order chi connectivity index (χ0) is 17.8. The van der Waals surface area contributed by atoms with Crippen molar-refractivity contribution < 1.29 is 26.8 Å². The molecule has 1 aliphatic heterocycles. The van der Waals surface area contributed by atoms with Crippen LogP contribution in [0.5, 0.6) is 0 Å². The monoisotopic (exact) mass is 354 g/mol. The van der Waals surface area contributed by atoms with Crippen LogP contribution in [-0.4, -0.2) is 44.2 Å². The summed E-state index contributed by atoms with van der Waals surface area (Å²) in [5, 5.41) is 0. The Morgan fingerprint density at radius 3 is 2.64 bits per heavy atom. The highest BCUT2D eigenvalue weighted by atomic mass is 19.3. The minimum atomic E-state index is -2.92. The number of nitrogens with zero attached hydrogens (tertiary/aromatic N) is 4. The Hall–Kier alpha value is -2.91. The SMILES string of the molecule is O=C(c1cnc2c(-c3cnco3)cc(C(F)F)cn12)N1CC(F)(F)C1. The predicted molar refractivity (Wildman–Crippen MR) is 76.5 cm³/mol. The molecule has 10 heteroatoms. The molecule has 1 amide bonds. The van der Waals surface area contributed by atoms with Crippen LogP contribution >= 0.6 is 0 Å².